The van der Waals surface area contributed by atoms with Gasteiger partial charge < -0.3 is 11.2 Å². The van der Waals surface area contributed by atoms with E-state index in [-0.39, 0.29) is 11.7 Å². The van der Waals surface area contributed by atoms with E-state index in [4.69, 9.17) is 5.84 Å². The average Bonchev–Trinajstić information content (AvgIpc) is 3.08. The van der Waals surface area contributed by atoms with Crippen molar-refractivity contribution in [2.45, 2.75) is 32.9 Å². The number of carbonyl (C=O) groups is 1. The molecule has 3 aromatic rings. The molecule has 0 aliphatic rings. The average molecular weight is 371 g/mol. The van der Waals surface area contributed by atoms with Crippen LogP contribution in [0.2, 0.25) is 0 Å². The lowest BCUT2D eigenvalue weighted by atomic mass is 10.2. The number of nitrogens with zero attached hydrogens (tertiary/aromatic N) is 5. The molecule has 0 aliphatic heterocycles. The Hall–Kier alpha value is -2.81. The molecule has 0 radical (unpaired) electrons. The molecular formula is C17H21N7OS. The summed E-state index contributed by atoms with van der Waals surface area (Å²) in [5.74, 6) is 6.43. The molecular weight excluding hydrogens is 350 g/mol. The van der Waals surface area contributed by atoms with Crippen molar-refractivity contribution in [3.63, 3.8) is 0 Å². The summed E-state index contributed by atoms with van der Waals surface area (Å²) in [6.07, 6.45) is 0. The van der Waals surface area contributed by atoms with Crippen LogP contribution in [0.25, 0.3) is 5.69 Å². The lowest BCUT2D eigenvalue weighted by Crippen LogP contribution is -2.17. The van der Waals surface area contributed by atoms with Crippen molar-refractivity contribution in [1.82, 2.24) is 24.7 Å². The first-order chi connectivity index (χ1) is 12.4. The largest absolute Gasteiger partial charge is 0.336 e. The highest BCUT2D eigenvalue weighted by Gasteiger charge is 2.16. The molecule has 3 N–H and O–H groups in total. The van der Waals surface area contributed by atoms with Crippen molar-refractivity contribution in [1.29, 1.82) is 0 Å². The fourth-order valence-electron chi connectivity index (χ4n) is 2.51. The van der Waals surface area contributed by atoms with Crippen LogP contribution in [0.15, 0.2) is 29.4 Å². The van der Waals surface area contributed by atoms with Gasteiger partial charge in [0.2, 0.25) is 11.1 Å². The van der Waals surface area contributed by atoms with Crippen LogP contribution in [0, 0.1) is 27.7 Å². The molecule has 26 heavy (non-hydrogen) atoms. The van der Waals surface area contributed by atoms with Gasteiger partial charge in [-0.3, -0.25) is 4.79 Å². The molecule has 0 atom stereocenters. The molecule has 0 unspecified atom stereocenters. The number of aryl methyl sites for hydroxylation is 3. The first kappa shape index (κ1) is 18.0. The summed E-state index contributed by atoms with van der Waals surface area (Å²) in [6.45, 7) is 7.60. The summed E-state index contributed by atoms with van der Waals surface area (Å²) in [5.41, 5.74) is 4.50. The van der Waals surface area contributed by atoms with E-state index in [2.05, 4.69) is 20.6 Å². The van der Waals surface area contributed by atoms with Gasteiger partial charge in [-0.15, -0.1) is 10.2 Å². The second-order valence-electron chi connectivity index (χ2n) is 6.03. The van der Waals surface area contributed by atoms with Crippen molar-refractivity contribution in [2.24, 2.45) is 0 Å². The molecule has 9 heteroatoms. The quantitative estimate of drug-likeness (QED) is 0.526. The van der Waals surface area contributed by atoms with Crippen LogP contribution < -0.4 is 11.2 Å². The molecule has 0 aliphatic carbocycles. The molecule has 0 fully saturated rings. The lowest BCUT2D eigenvalue weighted by molar-refractivity contribution is -0.113. The minimum atomic E-state index is -0.148. The number of benzene rings is 1. The van der Waals surface area contributed by atoms with Crippen molar-refractivity contribution < 1.29 is 4.79 Å². The summed E-state index contributed by atoms with van der Waals surface area (Å²) in [5, 5.41) is 15.8. The Balaban J connectivity index is 1.72. The van der Waals surface area contributed by atoms with E-state index in [1.54, 1.807) is 6.92 Å². The van der Waals surface area contributed by atoms with Crippen molar-refractivity contribution >= 4 is 23.4 Å². The Morgan fingerprint density at radius 3 is 2.46 bits per heavy atom. The molecule has 2 heterocycles. The van der Waals surface area contributed by atoms with Crippen LogP contribution in [0.5, 0.6) is 0 Å². The number of anilines is 1. The van der Waals surface area contributed by atoms with Gasteiger partial charge in [0, 0.05) is 0 Å². The summed E-state index contributed by atoms with van der Waals surface area (Å²) >= 11 is 1.24. The summed E-state index contributed by atoms with van der Waals surface area (Å²) in [7, 11) is 0. The highest BCUT2D eigenvalue weighted by molar-refractivity contribution is 7.99. The van der Waals surface area contributed by atoms with E-state index in [0.29, 0.717) is 11.0 Å². The van der Waals surface area contributed by atoms with Crippen molar-refractivity contribution in [3.8, 4) is 5.69 Å². The highest BCUT2D eigenvalue weighted by Crippen LogP contribution is 2.24. The van der Waals surface area contributed by atoms with Gasteiger partial charge in [-0.05, 0) is 39.8 Å². The lowest BCUT2D eigenvalue weighted by Gasteiger charge is -2.07. The van der Waals surface area contributed by atoms with Gasteiger partial charge in [0.25, 0.3) is 0 Å². The number of nitrogens with one attached hydrogen (secondary N) is 1. The number of nitrogen functional groups attached to an aromatic ring is 1. The smallest absolute Gasteiger partial charge is 0.234 e. The van der Waals surface area contributed by atoms with Gasteiger partial charge in [0.05, 0.1) is 28.5 Å². The molecule has 1 aromatic carbocycles. The molecule has 0 saturated heterocycles. The third-order valence-corrected chi connectivity index (χ3v) is 4.94. The summed E-state index contributed by atoms with van der Waals surface area (Å²) in [4.78, 5) is 12.3. The number of amides is 1. The fourth-order valence-corrected chi connectivity index (χ4v) is 3.22. The summed E-state index contributed by atoms with van der Waals surface area (Å²) in [6, 6.07) is 8.08. The first-order valence-corrected chi connectivity index (χ1v) is 9.08. The Labute approximate surface area is 155 Å². The molecule has 0 saturated carbocycles. The van der Waals surface area contributed by atoms with E-state index < -0.39 is 0 Å². The maximum atomic E-state index is 12.3. The number of rotatable bonds is 5. The monoisotopic (exact) mass is 371 g/mol. The topological polar surface area (TPSA) is 104 Å². The van der Waals surface area contributed by atoms with Crippen LogP contribution in [0.1, 0.15) is 22.8 Å². The van der Waals surface area contributed by atoms with E-state index in [0.717, 1.165) is 22.8 Å². The SMILES string of the molecule is Cc1ccc(-n2nc(C)c(NC(=O)CSc3nnc(C)n3N)c2C)cc1. The molecule has 136 valence electrons. The number of nitrogens with two attached hydrogens (primary N) is 1. The highest BCUT2D eigenvalue weighted by atomic mass is 32.2. The second kappa shape index (κ2) is 7.20. The zero-order valence-corrected chi connectivity index (χ0v) is 16.0. The van der Waals surface area contributed by atoms with Crippen LogP contribution in [0.3, 0.4) is 0 Å². The second-order valence-corrected chi connectivity index (χ2v) is 6.97. The number of thioether (sulfide) groups is 1. The standard InChI is InChI=1S/C17H21N7OS/c1-10-5-7-14(8-6-10)24-12(3)16(11(2)22-24)19-15(25)9-26-17-21-20-13(4)23(17)18/h5-8H,9,18H2,1-4H3,(H,19,25). The van der Waals surface area contributed by atoms with Gasteiger partial charge >= 0.3 is 0 Å². The molecule has 0 spiro atoms. The third kappa shape index (κ3) is 3.57. The van der Waals surface area contributed by atoms with E-state index in [1.165, 1.54) is 22.0 Å². The number of carbonyl (C=O) groups excluding carboxylic acids is 1. The minimum Gasteiger partial charge on any atom is -0.336 e. The number of aromatic nitrogens is 5. The van der Waals surface area contributed by atoms with E-state index >= 15 is 0 Å². The first-order valence-electron chi connectivity index (χ1n) is 8.10. The Morgan fingerprint density at radius 2 is 1.85 bits per heavy atom. The number of hydrogen-bond acceptors (Lipinski definition) is 6. The number of hydrogen-bond donors (Lipinski definition) is 2. The van der Waals surface area contributed by atoms with Gasteiger partial charge in [-0.1, -0.05) is 29.5 Å². The zero-order chi connectivity index (χ0) is 18.8. The summed E-state index contributed by atoms with van der Waals surface area (Å²) < 4.78 is 3.20. The predicted octanol–water partition coefficient (Wildman–Crippen LogP) is 2.14. The van der Waals surface area contributed by atoms with E-state index in [9.17, 15) is 4.79 Å². The maximum absolute atomic E-state index is 12.3. The van der Waals surface area contributed by atoms with Gasteiger partial charge in [0.1, 0.15) is 5.82 Å². The minimum absolute atomic E-state index is 0.148. The van der Waals surface area contributed by atoms with Gasteiger partial charge in [-0.2, -0.15) is 5.10 Å². The van der Waals surface area contributed by atoms with Crippen molar-refractivity contribution in [2.75, 3.05) is 16.9 Å². The molecule has 0 bridgehead atoms. The fraction of sp³-hybridized carbons (Fsp3) is 0.294. The van der Waals surface area contributed by atoms with Crippen LogP contribution >= 0.6 is 11.8 Å². The maximum Gasteiger partial charge on any atom is 0.234 e. The van der Waals surface area contributed by atoms with Crippen LogP contribution in [-0.4, -0.2) is 36.3 Å². The zero-order valence-electron chi connectivity index (χ0n) is 15.1. The Kier molecular flexibility index (Phi) is 4.99. The van der Waals surface area contributed by atoms with Crippen LogP contribution in [0.4, 0.5) is 5.69 Å². The normalized spacial score (nSPS) is 10.9. The van der Waals surface area contributed by atoms with E-state index in [1.807, 2.05) is 49.7 Å². The molecule has 1 amide bonds. The third-order valence-electron chi connectivity index (χ3n) is 4.00. The van der Waals surface area contributed by atoms with Crippen molar-refractivity contribution in [3.05, 3.63) is 47.0 Å². The van der Waals surface area contributed by atoms with Crippen LogP contribution in [-0.2, 0) is 4.79 Å². The Morgan fingerprint density at radius 1 is 1.15 bits per heavy atom. The molecule has 3 rings (SSSR count). The van der Waals surface area contributed by atoms with Gasteiger partial charge in [0.15, 0.2) is 0 Å². The Bertz CT molecular complexity index is 943. The molecule has 2 aromatic heterocycles. The van der Waals surface area contributed by atoms with Gasteiger partial charge in [-0.25, -0.2) is 9.36 Å². The predicted molar refractivity (Wildman–Crippen MR) is 102 cm³/mol. The molecule has 8 nitrogen and oxygen atoms in total.